The van der Waals surface area contributed by atoms with Crippen LogP contribution in [-0.2, 0) is 33.8 Å². The molecule has 4 bridgehead atoms. The van der Waals surface area contributed by atoms with Gasteiger partial charge < -0.3 is 29.7 Å². The zero-order valence-corrected chi connectivity index (χ0v) is 23.3. The van der Waals surface area contributed by atoms with Crippen molar-refractivity contribution < 1.29 is 28.6 Å². The second-order valence-corrected chi connectivity index (χ2v) is 10.2. The van der Waals surface area contributed by atoms with E-state index in [1.54, 1.807) is 35.2 Å². The molecule has 3 aromatic rings. The van der Waals surface area contributed by atoms with E-state index in [-0.39, 0.29) is 42.7 Å². The first-order valence-electron chi connectivity index (χ1n) is 13.8. The quantitative estimate of drug-likeness (QED) is 0.419. The molecular formula is C30H33N5O7. The number of hydrogen-bond donors (Lipinski definition) is 3. The predicted octanol–water partition coefficient (Wildman–Crippen LogP) is 1.13. The highest BCUT2D eigenvalue weighted by molar-refractivity contribution is 5.79. The molecule has 0 radical (unpaired) electrons. The summed E-state index contributed by atoms with van der Waals surface area (Å²) in [5, 5.41) is 12.3. The number of likely N-dealkylation sites (tertiary alicyclic amines) is 1. The Balaban J connectivity index is 1.31. The third-order valence-corrected chi connectivity index (χ3v) is 7.23. The maximum atomic E-state index is 13.1. The Morgan fingerprint density at radius 3 is 2.57 bits per heavy atom. The third kappa shape index (κ3) is 7.45. The van der Waals surface area contributed by atoms with Crippen molar-refractivity contribution in [3.63, 3.8) is 0 Å². The molecule has 5 aliphatic rings. The van der Waals surface area contributed by atoms with Crippen molar-refractivity contribution in [2.75, 3.05) is 26.8 Å². The lowest BCUT2D eigenvalue weighted by molar-refractivity contribution is -0.130. The van der Waals surface area contributed by atoms with Crippen LogP contribution in [0.3, 0.4) is 0 Å². The van der Waals surface area contributed by atoms with E-state index in [2.05, 4.69) is 20.8 Å². The maximum absolute atomic E-state index is 13.1. The number of methoxy groups -OCH3 is 1. The largest absolute Gasteiger partial charge is 0.493 e. The average molecular weight is 576 g/mol. The Morgan fingerprint density at radius 2 is 1.81 bits per heavy atom. The molecular weight excluding hydrogens is 542 g/mol. The highest BCUT2D eigenvalue weighted by atomic mass is 16.5. The van der Waals surface area contributed by atoms with Gasteiger partial charge in [0.15, 0.2) is 18.1 Å². The van der Waals surface area contributed by atoms with Gasteiger partial charge in [-0.2, -0.15) is 5.10 Å². The minimum atomic E-state index is -0.461. The highest BCUT2D eigenvalue weighted by Crippen LogP contribution is 2.29. The smallest absolute Gasteiger partial charge is 0.264 e. The van der Waals surface area contributed by atoms with Crippen molar-refractivity contribution in [1.29, 1.82) is 0 Å². The van der Waals surface area contributed by atoms with Gasteiger partial charge in [0.25, 0.3) is 11.5 Å². The lowest BCUT2D eigenvalue weighted by Crippen LogP contribution is -2.45. The second kappa shape index (κ2) is 13.2. The molecule has 3 N–H and O–H groups in total. The van der Waals surface area contributed by atoms with Gasteiger partial charge in [-0.3, -0.25) is 19.2 Å². The van der Waals surface area contributed by atoms with Gasteiger partial charge in [-0.15, -0.1) is 0 Å². The van der Waals surface area contributed by atoms with Gasteiger partial charge in [0.1, 0.15) is 11.9 Å². The van der Waals surface area contributed by atoms with E-state index in [9.17, 15) is 19.2 Å². The molecule has 1 fully saturated rings. The second-order valence-electron chi connectivity index (χ2n) is 10.2. The molecule has 8 rings (SSSR count). The van der Waals surface area contributed by atoms with Crippen molar-refractivity contribution in [3.05, 3.63) is 81.8 Å². The summed E-state index contributed by atoms with van der Waals surface area (Å²) < 4.78 is 17.4. The summed E-state index contributed by atoms with van der Waals surface area (Å²) in [6.07, 6.45) is 0.790. The standard InChI is InChI=1S/C30H33N5O7/c1-40-25-14-19-4-10-24(25)41-18-29(38)31-15-20-2-8-22(9-3-20)42-26-17-35(16-23(26)32-27(36)11-5-19)30(39)13-7-21-6-12-28(37)34-33-21/h2-4,6,8-10,12,14,23,26H,5,7,11,13,15-18H2,1H3,(H,31,38)(H,32,36)(H,34,37)/t23-,26-/m0/s1. The van der Waals surface area contributed by atoms with E-state index in [0.29, 0.717) is 55.4 Å². The summed E-state index contributed by atoms with van der Waals surface area (Å²) in [6, 6.07) is 15.2. The highest BCUT2D eigenvalue weighted by Gasteiger charge is 2.37. The van der Waals surface area contributed by atoms with E-state index in [1.807, 2.05) is 18.2 Å². The van der Waals surface area contributed by atoms with Gasteiger partial charge in [0.05, 0.1) is 25.4 Å². The lowest BCUT2D eigenvalue weighted by atomic mass is 10.1. The fraction of sp³-hybridized carbons (Fsp3) is 0.367. The minimum Gasteiger partial charge on any atom is -0.493 e. The van der Waals surface area contributed by atoms with Crippen LogP contribution < -0.4 is 30.4 Å². The molecule has 0 saturated carbocycles. The normalized spacial score (nSPS) is 19.2. The van der Waals surface area contributed by atoms with Crippen molar-refractivity contribution >= 4 is 17.7 Å². The molecule has 1 aromatic heterocycles. The molecule has 3 amide bonds. The van der Waals surface area contributed by atoms with E-state index < -0.39 is 12.1 Å². The number of amides is 3. The summed E-state index contributed by atoms with van der Waals surface area (Å²) in [6.45, 7) is 0.754. The number of aromatic nitrogens is 2. The molecule has 6 heterocycles. The topological polar surface area (TPSA) is 152 Å². The number of benzene rings is 2. The first-order valence-corrected chi connectivity index (χ1v) is 13.8. The van der Waals surface area contributed by atoms with E-state index >= 15 is 0 Å². The Morgan fingerprint density at radius 1 is 1.00 bits per heavy atom. The number of H-pyrrole nitrogens is 1. The predicted molar refractivity (Wildman–Crippen MR) is 151 cm³/mol. The minimum absolute atomic E-state index is 0.0978. The SMILES string of the molecule is COc1cc2ccc1OCC(=O)NCc1ccc(cc1)O[C@H]1CN(C(=O)CCc3ccc(=O)[nH]n3)C[C@@H]1NC(=O)CC2. The third-order valence-electron chi connectivity index (χ3n) is 7.23. The molecule has 0 aliphatic carbocycles. The van der Waals surface area contributed by atoms with Gasteiger partial charge >= 0.3 is 0 Å². The Labute approximate surface area is 242 Å². The summed E-state index contributed by atoms with van der Waals surface area (Å²) in [4.78, 5) is 51.4. The number of ether oxygens (including phenoxy) is 3. The number of nitrogens with one attached hydrogen (secondary N) is 3. The van der Waals surface area contributed by atoms with Gasteiger partial charge in [-0.05, 0) is 47.9 Å². The van der Waals surface area contributed by atoms with Crippen molar-refractivity contribution in [2.45, 2.75) is 44.4 Å². The lowest BCUT2D eigenvalue weighted by Gasteiger charge is -2.21. The fourth-order valence-electron chi connectivity index (χ4n) is 4.92. The summed E-state index contributed by atoms with van der Waals surface area (Å²) in [5.74, 6) is 0.959. The average Bonchev–Trinajstić information content (AvgIpc) is 3.39. The Kier molecular flexibility index (Phi) is 9.00. The number of hydrogen-bond acceptors (Lipinski definition) is 8. The Bertz CT molecular complexity index is 1470. The molecule has 12 heteroatoms. The molecule has 2 atom stereocenters. The van der Waals surface area contributed by atoms with Crippen LogP contribution in [0, 0.1) is 0 Å². The molecule has 12 nitrogen and oxygen atoms in total. The van der Waals surface area contributed by atoms with Gasteiger partial charge in [-0.25, -0.2) is 5.10 Å². The molecule has 5 aliphatic heterocycles. The number of nitrogens with zero attached hydrogens (tertiary/aromatic N) is 2. The van der Waals surface area contributed by atoms with Gasteiger partial charge in [-0.1, -0.05) is 18.2 Å². The van der Waals surface area contributed by atoms with Crippen LogP contribution >= 0.6 is 0 Å². The van der Waals surface area contributed by atoms with Crippen LogP contribution in [0.2, 0.25) is 0 Å². The van der Waals surface area contributed by atoms with Crippen LogP contribution in [0.15, 0.2) is 59.4 Å². The molecule has 42 heavy (non-hydrogen) atoms. The summed E-state index contributed by atoms with van der Waals surface area (Å²) in [7, 11) is 1.52. The van der Waals surface area contributed by atoms with Crippen LogP contribution in [-0.4, -0.2) is 71.8 Å². The molecule has 2 aromatic carbocycles. The summed E-state index contributed by atoms with van der Waals surface area (Å²) >= 11 is 0. The first kappa shape index (κ1) is 28.7. The number of rotatable bonds is 4. The number of aryl methyl sites for hydroxylation is 2. The monoisotopic (exact) mass is 575 g/mol. The van der Waals surface area contributed by atoms with E-state index in [1.165, 1.54) is 13.2 Å². The van der Waals surface area contributed by atoms with E-state index in [0.717, 1.165) is 11.1 Å². The van der Waals surface area contributed by atoms with Crippen LogP contribution in [0.4, 0.5) is 0 Å². The molecule has 0 unspecified atom stereocenters. The molecule has 1 saturated heterocycles. The van der Waals surface area contributed by atoms with Gasteiger partial charge in [0.2, 0.25) is 11.8 Å². The van der Waals surface area contributed by atoms with Crippen LogP contribution in [0.1, 0.15) is 29.7 Å². The van der Waals surface area contributed by atoms with E-state index in [4.69, 9.17) is 14.2 Å². The van der Waals surface area contributed by atoms with Crippen LogP contribution in [0.25, 0.3) is 0 Å². The van der Waals surface area contributed by atoms with Crippen molar-refractivity contribution in [3.8, 4) is 17.2 Å². The fourth-order valence-corrected chi connectivity index (χ4v) is 4.92. The van der Waals surface area contributed by atoms with Crippen molar-refractivity contribution in [2.24, 2.45) is 0 Å². The molecule has 0 spiro atoms. The first-order chi connectivity index (χ1) is 20.4. The maximum Gasteiger partial charge on any atom is 0.264 e. The summed E-state index contributed by atoms with van der Waals surface area (Å²) in [5.41, 5.74) is 2.06. The number of carbonyl (C=O) groups excluding carboxylic acids is 3. The molecule has 220 valence electrons. The zero-order chi connectivity index (χ0) is 29.5. The van der Waals surface area contributed by atoms with Crippen molar-refractivity contribution in [1.82, 2.24) is 25.7 Å². The number of carbonyl (C=O) groups is 3. The number of aromatic amines is 1. The van der Waals surface area contributed by atoms with Crippen LogP contribution in [0.5, 0.6) is 17.2 Å². The zero-order valence-electron chi connectivity index (χ0n) is 23.3. The van der Waals surface area contributed by atoms with Gasteiger partial charge in [0, 0.05) is 38.4 Å². The Hall–Kier alpha value is -4.87.